The number of carbonyl (C=O) groups excluding carboxylic acids is 1. The van der Waals surface area contributed by atoms with E-state index in [-0.39, 0.29) is 6.09 Å². The van der Waals surface area contributed by atoms with Crippen LogP contribution in [0.3, 0.4) is 0 Å². The highest BCUT2D eigenvalue weighted by atomic mass is 79.9. The van der Waals surface area contributed by atoms with E-state index in [9.17, 15) is 4.79 Å². The summed E-state index contributed by atoms with van der Waals surface area (Å²) in [5.41, 5.74) is -0.443. The van der Waals surface area contributed by atoms with Crippen molar-refractivity contribution < 1.29 is 9.53 Å². The Morgan fingerprint density at radius 1 is 1.43 bits per heavy atom. The highest BCUT2D eigenvalue weighted by molar-refractivity contribution is 9.13. The minimum absolute atomic E-state index is 0.201. The molecule has 1 fully saturated rings. The predicted octanol–water partition coefficient (Wildman–Crippen LogP) is 5.15. The van der Waals surface area contributed by atoms with Crippen LogP contribution in [0.1, 0.15) is 44.9 Å². The van der Waals surface area contributed by atoms with Gasteiger partial charge < -0.3 is 15.0 Å². The summed E-state index contributed by atoms with van der Waals surface area (Å²) in [6.07, 6.45) is 3.06. The van der Waals surface area contributed by atoms with Crippen LogP contribution in [0.2, 0.25) is 0 Å². The minimum Gasteiger partial charge on any atom is -0.444 e. The normalized spacial score (nSPS) is 19.5. The van der Waals surface area contributed by atoms with E-state index in [1.807, 2.05) is 25.7 Å². The number of hydrogen-bond donors (Lipinski definition) is 1. The lowest BCUT2D eigenvalue weighted by Gasteiger charge is -2.28. The van der Waals surface area contributed by atoms with Crippen molar-refractivity contribution in [3.05, 3.63) is 19.2 Å². The molecule has 0 bridgehead atoms. The van der Waals surface area contributed by atoms with Crippen LogP contribution in [0.5, 0.6) is 0 Å². The smallest absolute Gasteiger partial charge is 0.410 e. The van der Waals surface area contributed by atoms with Crippen molar-refractivity contribution in [2.75, 3.05) is 13.1 Å². The molecule has 0 aliphatic carbocycles. The third-order valence-electron chi connectivity index (χ3n) is 3.58. The van der Waals surface area contributed by atoms with Crippen LogP contribution in [0.4, 0.5) is 4.79 Å². The average molecular weight is 468 g/mol. The summed E-state index contributed by atoms with van der Waals surface area (Å²) in [7, 11) is 0. The lowest BCUT2D eigenvalue weighted by atomic mass is 10.1. The van der Waals surface area contributed by atoms with Crippen LogP contribution in [0, 0.1) is 0 Å². The molecule has 7 heteroatoms. The average Bonchev–Trinajstić information content (AvgIpc) is 2.64. The Kier molecular flexibility index (Phi) is 6.95. The van der Waals surface area contributed by atoms with Crippen molar-refractivity contribution in [1.82, 2.24) is 10.2 Å². The molecule has 1 N–H and O–H groups in total. The summed E-state index contributed by atoms with van der Waals surface area (Å²) in [6, 6.07) is 2.44. The molecular formula is C16H24Br2N2O2S. The molecule has 130 valence electrons. The fourth-order valence-electron chi connectivity index (χ4n) is 2.52. The number of halogens is 2. The van der Waals surface area contributed by atoms with Crippen molar-refractivity contribution >= 4 is 49.3 Å². The Labute approximate surface area is 159 Å². The SMILES string of the molecule is CC(C)(C)OC(=O)N1CCCCC(NCc2cc(Br)c(Br)s2)C1. The van der Waals surface area contributed by atoms with E-state index >= 15 is 0 Å². The third kappa shape index (κ3) is 6.36. The standard InChI is InChI=1S/C16H24Br2N2O2S/c1-16(2,3)22-15(21)20-7-5-4-6-11(10-20)19-9-12-8-13(17)14(18)23-12/h8,11,19H,4-7,9-10H2,1-3H3. The monoisotopic (exact) mass is 466 g/mol. The molecule has 1 unspecified atom stereocenters. The first-order valence-electron chi connectivity index (χ1n) is 7.89. The summed E-state index contributed by atoms with van der Waals surface area (Å²) in [5, 5.41) is 3.59. The second kappa shape index (κ2) is 8.32. The molecule has 23 heavy (non-hydrogen) atoms. The molecule has 2 heterocycles. The molecule has 1 aromatic rings. The molecule has 0 radical (unpaired) electrons. The van der Waals surface area contributed by atoms with Crippen molar-refractivity contribution in [2.24, 2.45) is 0 Å². The van der Waals surface area contributed by atoms with E-state index in [2.05, 4.69) is 43.2 Å². The number of carbonyl (C=O) groups is 1. The van der Waals surface area contributed by atoms with Crippen molar-refractivity contribution in [1.29, 1.82) is 0 Å². The summed E-state index contributed by atoms with van der Waals surface area (Å²) in [6.45, 7) is 8.04. The van der Waals surface area contributed by atoms with Crippen molar-refractivity contribution in [3.8, 4) is 0 Å². The summed E-state index contributed by atoms with van der Waals surface area (Å²) in [5.74, 6) is 0. The molecule has 1 aliphatic rings. The zero-order valence-corrected chi connectivity index (χ0v) is 17.8. The Hall–Kier alpha value is -0.110. The first kappa shape index (κ1) is 19.2. The van der Waals surface area contributed by atoms with Gasteiger partial charge in [0.15, 0.2) is 0 Å². The predicted molar refractivity (Wildman–Crippen MR) is 102 cm³/mol. The van der Waals surface area contributed by atoms with Gasteiger partial charge in [-0.1, -0.05) is 6.42 Å². The summed E-state index contributed by atoms with van der Waals surface area (Å²) < 4.78 is 7.72. The lowest BCUT2D eigenvalue weighted by molar-refractivity contribution is 0.0243. The first-order valence-corrected chi connectivity index (χ1v) is 10.3. The van der Waals surface area contributed by atoms with E-state index in [0.29, 0.717) is 12.6 Å². The van der Waals surface area contributed by atoms with Gasteiger partial charge in [0.05, 0.1) is 3.79 Å². The van der Waals surface area contributed by atoms with Gasteiger partial charge in [-0.15, -0.1) is 11.3 Å². The van der Waals surface area contributed by atoms with Crippen LogP contribution in [-0.4, -0.2) is 35.7 Å². The zero-order valence-electron chi connectivity index (χ0n) is 13.8. The first-order chi connectivity index (χ1) is 10.7. The quantitative estimate of drug-likeness (QED) is 0.667. The number of rotatable bonds is 3. The van der Waals surface area contributed by atoms with Gasteiger partial charge in [-0.25, -0.2) is 4.79 Å². The maximum absolute atomic E-state index is 12.3. The van der Waals surface area contributed by atoms with Crippen LogP contribution >= 0.6 is 43.2 Å². The van der Waals surface area contributed by atoms with Gasteiger partial charge in [0.1, 0.15) is 5.60 Å². The van der Waals surface area contributed by atoms with Gasteiger partial charge >= 0.3 is 6.09 Å². The summed E-state index contributed by atoms with van der Waals surface area (Å²) >= 11 is 8.77. The van der Waals surface area contributed by atoms with Gasteiger partial charge in [-0.05, 0) is 71.5 Å². The highest BCUT2D eigenvalue weighted by Gasteiger charge is 2.26. The van der Waals surface area contributed by atoms with E-state index < -0.39 is 5.60 Å². The fourth-order valence-corrected chi connectivity index (χ4v) is 4.65. The molecule has 0 spiro atoms. The second-order valence-electron chi connectivity index (χ2n) is 6.83. The number of hydrogen-bond acceptors (Lipinski definition) is 4. The van der Waals surface area contributed by atoms with Crippen LogP contribution in [0.15, 0.2) is 14.3 Å². The number of thiophene rings is 1. The van der Waals surface area contributed by atoms with E-state index in [4.69, 9.17) is 4.74 Å². The maximum atomic E-state index is 12.3. The molecule has 1 aromatic heterocycles. The molecule has 0 saturated carbocycles. The Balaban J connectivity index is 1.90. The molecule has 1 saturated heterocycles. The lowest BCUT2D eigenvalue weighted by Crippen LogP contribution is -2.44. The van der Waals surface area contributed by atoms with E-state index in [0.717, 1.165) is 40.6 Å². The molecule has 1 aliphatic heterocycles. The zero-order chi connectivity index (χ0) is 17.0. The highest BCUT2D eigenvalue weighted by Crippen LogP contribution is 2.32. The van der Waals surface area contributed by atoms with Crippen LogP contribution in [0.25, 0.3) is 0 Å². The van der Waals surface area contributed by atoms with E-state index in [1.165, 1.54) is 4.88 Å². The second-order valence-corrected chi connectivity index (χ2v) is 10.1. The Morgan fingerprint density at radius 3 is 2.78 bits per heavy atom. The number of amides is 1. The maximum Gasteiger partial charge on any atom is 0.410 e. The minimum atomic E-state index is -0.443. The molecule has 1 amide bonds. The summed E-state index contributed by atoms with van der Waals surface area (Å²) in [4.78, 5) is 15.4. The molecular weight excluding hydrogens is 444 g/mol. The number of nitrogens with zero attached hydrogens (tertiary/aromatic N) is 1. The molecule has 4 nitrogen and oxygen atoms in total. The topological polar surface area (TPSA) is 41.6 Å². The fraction of sp³-hybridized carbons (Fsp3) is 0.688. The molecule has 2 rings (SSSR count). The van der Waals surface area contributed by atoms with Gasteiger partial charge in [0.25, 0.3) is 0 Å². The number of ether oxygens (including phenoxy) is 1. The van der Waals surface area contributed by atoms with Gasteiger partial charge in [-0.3, -0.25) is 0 Å². The Bertz CT molecular complexity index is 523. The Morgan fingerprint density at radius 2 is 2.17 bits per heavy atom. The largest absolute Gasteiger partial charge is 0.444 e. The van der Waals surface area contributed by atoms with Gasteiger partial charge in [-0.2, -0.15) is 0 Å². The molecule has 0 aromatic carbocycles. The van der Waals surface area contributed by atoms with Gasteiger partial charge in [0.2, 0.25) is 0 Å². The number of likely N-dealkylation sites (tertiary alicyclic amines) is 1. The third-order valence-corrected chi connectivity index (χ3v) is 6.84. The van der Waals surface area contributed by atoms with Crippen molar-refractivity contribution in [2.45, 2.75) is 58.2 Å². The van der Waals surface area contributed by atoms with Crippen LogP contribution < -0.4 is 5.32 Å². The number of nitrogens with one attached hydrogen (secondary N) is 1. The van der Waals surface area contributed by atoms with E-state index in [1.54, 1.807) is 11.3 Å². The van der Waals surface area contributed by atoms with Gasteiger partial charge in [0, 0.05) is 35.0 Å². The van der Waals surface area contributed by atoms with Crippen LogP contribution in [-0.2, 0) is 11.3 Å². The molecule has 1 atom stereocenters. The van der Waals surface area contributed by atoms with Crippen molar-refractivity contribution in [3.63, 3.8) is 0 Å².